The standard InChI is InChI=1S/C26H18N2O/c1-2-9-18(10-3-1)17-28-23-15-6-5-14-22(23)27-26(28)21-13-8-12-20-19-11-4-7-16-24(19)29-25(20)21/h1-16H,17H2. The van der Waals surface area contributed by atoms with Crippen molar-refractivity contribution >= 4 is 33.0 Å². The molecule has 0 radical (unpaired) electrons. The van der Waals surface area contributed by atoms with Crippen LogP contribution in [0.4, 0.5) is 0 Å². The molecule has 4 aromatic carbocycles. The molecule has 0 spiro atoms. The van der Waals surface area contributed by atoms with Crippen LogP contribution in [0.2, 0.25) is 0 Å². The molecule has 0 saturated heterocycles. The molecule has 0 aliphatic rings. The van der Waals surface area contributed by atoms with Crippen molar-refractivity contribution in [3.05, 3.63) is 103 Å². The molecule has 0 bridgehead atoms. The molecule has 0 aliphatic heterocycles. The van der Waals surface area contributed by atoms with Gasteiger partial charge in [0, 0.05) is 17.3 Å². The Morgan fingerprint density at radius 3 is 2.38 bits per heavy atom. The highest BCUT2D eigenvalue weighted by atomic mass is 16.3. The summed E-state index contributed by atoms with van der Waals surface area (Å²) < 4.78 is 8.57. The third kappa shape index (κ3) is 2.55. The van der Waals surface area contributed by atoms with E-state index in [0.29, 0.717) is 0 Å². The number of furan rings is 1. The van der Waals surface area contributed by atoms with E-state index in [1.807, 2.05) is 24.3 Å². The predicted molar refractivity (Wildman–Crippen MR) is 118 cm³/mol. The van der Waals surface area contributed by atoms with Crippen molar-refractivity contribution in [1.82, 2.24) is 9.55 Å². The highest BCUT2D eigenvalue weighted by Crippen LogP contribution is 2.36. The molecule has 0 atom stereocenters. The van der Waals surface area contributed by atoms with Gasteiger partial charge in [0.05, 0.1) is 16.6 Å². The molecule has 3 nitrogen and oxygen atoms in total. The lowest BCUT2D eigenvalue weighted by molar-refractivity contribution is 0.669. The third-order valence-electron chi connectivity index (χ3n) is 5.48. The van der Waals surface area contributed by atoms with Crippen LogP contribution in [0.1, 0.15) is 5.56 Å². The fourth-order valence-corrected chi connectivity index (χ4v) is 4.13. The maximum Gasteiger partial charge on any atom is 0.146 e. The fraction of sp³-hybridized carbons (Fsp3) is 0.0385. The van der Waals surface area contributed by atoms with Gasteiger partial charge in [-0.15, -0.1) is 0 Å². The number of nitrogens with zero attached hydrogens (tertiary/aromatic N) is 2. The minimum Gasteiger partial charge on any atom is -0.455 e. The summed E-state index contributed by atoms with van der Waals surface area (Å²) in [6.07, 6.45) is 0. The monoisotopic (exact) mass is 374 g/mol. The SMILES string of the molecule is c1ccc(Cn2c(-c3cccc4c3oc3ccccc34)nc3ccccc32)cc1. The van der Waals surface area contributed by atoms with Crippen molar-refractivity contribution < 1.29 is 4.42 Å². The van der Waals surface area contributed by atoms with Gasteiger partial charge in [0.2, 0.25) is 0 Å². The third-order valence-corrected chi connectivity index (χ3v) is 5.48. The van der Waals surface area contributed by atoms with Crippen molar-refractivity contribution in [3.8, 4) is 11.4 Å². The summed E-state index contributed by atoms with van der Waals surface area (Å²) in [5.41, 5.74) is 6.17. The van der Waals surface area contributed by atoms with E-state index in [1.54, 1.807) is 0 Å². The lowest BCUT2D eigenvalue weighted by atomic mass is 10.1. The van der Waals surface area contributed by atoms with Crippen LogP contribution in [0, 0.1) is 0 Å². The molecule has 6 aromatic rings. The van der Waals surface area contributed by atoms with Crippen LogP contribution in [-0.4, -0.2) is 9.55 Å². The smallest absolute Gasteiger partial charge is 0.146 e. The number of para-hydroxylation sites is 4. The summed E-state index contributed by atoms with van der Waals surface area (Å²) in [5.74, 6) is 0.930. The van der Waals surface area contributed by atoms with Gasteiger partial charge >= 0.3 is 0 Å². The lowest BCUT2D eigenvalue weighted by Gasteiger charge is -2.10. The maximum absolute atomic E-state index is 6.29. The summed E-state index contributed by atoms with van der Waals surface area (Å²) in [7, 11) is 0. The number of aromatic nitrogens is 2. The molecule has 6 rings (SSSR count). The van der Waals surface area contributed by atoms with Crippen LogP contribution in [0.5, 0.6) is 0 Å². The average molecular weight is 374 g/mol. The highest BCUT2D eigenvalue weighted by molar-refractivity contribution is 6.09. The second-order valence-corrected chi connectivity index (χ2v) is 7.28. The van der Waals surface area contributed by atoms with Gasteiger partial charge in [-0.1, -0.05) is 72.8 Å². The lowest BCUT2D eigenvalue weighted by Crippen LogP contribution is -2.02. The second kappa shape index (κ2) is 6.35. The Balaban J connectivity index is 1.65. The number of rotatable bonds is 3. The number of fused-ring (bicyclic) bond motifs is 4. The van der Waals surface area contributed by atoms with Crippen molar-refractivity contribution in [1.29, 1.82) is 0 Å². The van der Waals surface area contributed by atoms with Gasteiger partial charge in [-0.2, -0.15) is 0 Å². The molecular formula is C26H18N2O. The van der Waals surface area contributed by atoms with Gasteiger partial charge in [-0.05, 0) is 29.8 Å². The molecule has 0 fully saturated rings. The van der Waals surface area contributed by atoms with Crippen molar-refractivity contribution in [2.24, 2.45) is 0 Å². The molecule has 0 aliphatic carbocycles. The molecule has 138 valence electrons. The zero-order valence-electron chi connectivity index (χ0n) is 15.7. The van der Waals surface area contributed by atoms with Gasteiger partial charge in [0.1, 0.15) is 17.0 Å². The Hall–Kier alpha value is -3.85. The maximum atomic E-state index is 6.29. The van der Waals surface area contributed by atoms with Gasteiger partial charge in [-0.25, -0.2) is 4.98 Å². The molecule has 29 heavy (non-hydrogen) atoms. The Morgan fingerprint density at radius 1 is 0.690 bits per heavy atom. The zero-order chi connectivity index (χ0) is 19.2. The molecule has 2 heterocycles. The largest absolute Gasteiger partial charge is 0.455 e. The van der Waals surface area contributed by atoms with Crippen LogP contribution in [-0.2, 0) is 6.54 Å². The summed E-state index contributed by atoms with van der Waals surface area (Å²) in [6.45, 7) is 0.757. The molecule has 0 amide bonds. The van der Waals surface area contributed by atoms with Crippen LogP contribution >= 0.6 is 0 Å². The van der Waals surface area contributed by atoms with Crippen LogP contribution < -0.4 is 0 Å². The average Bonchev–Trinajstić information content (AvgIpc) is 3.33. The van der Waals surface area contributed by atoms with E-state index in [4.69, 9.17) is 9.40 Å². The number of benzene rings is 4. The Labute approximate surface area is 167 Å². The first-order chi connectivity index (χ1) is 14.4. The molecule has 0 unspecified atom stereocenters. The predicted octanol–water partition coefficient (Wildman–Crippen LogP) is 6.65. The van der Waals surface area contributed by atoms with E-state index >= 15 is 0 Å². The van der Waals surface area contributed by atoms with Crippen LogP contribution in [0.15, 0.2) is 101 Å². The Kier molecular flexibility index (Phi) is 3.53. The second-order valence-electron chi connectivity index (χ2n) is 7.28. The van der Waals surface area contributed by atoms with Crippen LogP contribution in [0.25, 0.3) is 44.4 Å². The number of hydrogen-bond donors (Lipinski definition) is 0. The highest BCUT2D eigenvalue weighted by Gasteiger charge is 2.18. The molecular weight excluding hydrogens is 356 g/mol. The fourth-order valence-electron chi connectivity index (χ4n) is 4.13. The summed E-state index contributed by atoms with van der Waals surface area (Å²) in [6, 6.07) is 33.3. The number of hydrogen-bond acceptors (Lipinski definition) is 2. The van der Waals surface area contributed by atoms with Crippen molar-refractivity contribution in [2.75, 3.05) is 0 Å². The van der Waals surface area contributed by atoms with E-state index in [-0.39, 0.29) is 0 Å². The van der Waals surface area contributed by atoms with Gasteiger partial charge in [-0.3, -0.25) is 0 Å². The van der Waals surface area contributed by atoms with Gasteiger partial charge < -0.3 is 8.98 Å². The van der Waals surface area contributed by atoms with Crippen molar-refractivity contribution in [3.63, 3.8) is 0 Å². The van der Waals surface area contributed by atoms with E-state index in [9.17, 15) is 0 Å². The Morgan fingerprint density at radius 2 is 1.45 bits per heavy atom. The first-order valence-corrected chi connectivity index (χ1v) is 9.78. The van der Waals surface area contributed by atoms with E-state index in [0.717, 1.165) is 50.9 Å². The normalized spacial score (nSPS) is 11.6. The van der Waals surface area contributed by atoms with Gasteiger partial charge in [0.25, 0.3) is 0 Å². The quantitative estimate of drug-likeness (QED) is 0.347. The topological polar surface area (TPSA) is 31.0 Å². The first kappa shape index (κ1) is 16.1. The zero-order valence-corrected chi connectivity index (χ0v) is 15.7. The van der Waals surface area contributed by atoms with E-state index in [1.165, 1.54) is 5.56 Å². The van der Waals surface area contributed by atoms with Gasteiger partial charge in [0.15, 0.2) is 0 Å². The summed E-state index contributed by atoms with van der Waals surface area (Å²) >= 11 is 0. The molecule has 0 N–H and O–H groups in total. The van der Waals surface area contributed by atoms with E-state index < -0.39 is 0 Å². The van der Waals surface area contributed by atoms with Crippen LogP contribution in [0.3, 0.4) is 0 Å². The summed E-state index contributed by atoms with van der Waals surface area (Å²) in [5, 5.41) is 2.26. The van der Waals surface area contributed by atoms with E-state index in [2.05, 4.69) is 77.4 Å². The number of imidazole rings is 1. The summed E-state index contributed by atoms with van der Waals surface area (Å²) in [4.78, 5) is 5.00. The molecule has 3 heteroatoms. The first-order valence-electron chi connectivity index (χ1n) is 9.78. The molecule has 2 aromatic heterocycles. The molecule has 0 saturated carbocycles. The van der Waals surface area contributed by atoms with Crippen molar-refractivity contribution in [2.45, 2.75) is 6.54 Å². The Bertz CT molecular complexity index is 1470. The minimum atomic E-state index is 0.757. The minimum absolute atomic E-state index is 0.757.